The second-order valence-corrected chi connectivity index (χ2v) is 13.2. The van der Waals surface area contributed by atoms with Crippen LogP contribution in [-0.4, -0.2) is 29.8 Å². The van der Waals surface area contributed by atoms with E-state index in [-0.39, 0.29) is 7.43 Å². The van der Waals surface area contributed by atoms with E-state index in [2.05, 4.69) is 20.8 Å². The monoisotopic (exact) mass is 246 g/mol. The molecule has 0 aromatic carbocycles. The summed E-state index contributed by atoms with van der Waals surface area (Å²) in [5.41, 5.74) is 0. The molecule has 1 atom stereocenters. The van der Waals surface area contributed by atoms with Crippen LogP contribution < -0.4 is 0 Å². The Labute approximate surface area is 100 Å². The fourth-order valence-electron chi connectivity index (χ4n) is 3.22. The molecule has 1 saturated heterocycles. The van der Waals surface area contributed by atoms with Crippen molar-refractivity contribution in [2.24, 2.45) is 0 Å². The minimum absolute atomic E-state index is 0. The Morgan fingerprint density at radius 2 is 1.67 bits per heavy atom. The molecule has 0 aromatic heterocycles. The maximum atomic E-state index is 6.23. The molecular formula is C12H30OSi2. The van der Waals surface area contributed by atoms with E-state index < -0.39 is 8.07 Å². The van der Waals surface area contributed by atoms with Crippen molar-refractivity contribution >= 4 is 18.3 Å². The molecule has 0 radical (unpaired) electrons. The zero-order chi connectivity index (χ0) is 10.7. The van der Waals surface area contributed by atoms with E-state index in [1.807, 2.05) is 0 Å². The van der Waals surface area contributed by atoms with E-state index in [1.54, 1.807) is 0 Å². The smallest absolute Gasteiger partial charge is 0.0853 e. The Morgan fingerprint density at radius 3 is 2.00 bits per heavy atom. The third-order valence-corrected chi connectivity index (χ3v) is 15.3. The molecule has 1 aliphatic heterocycles. The van der Waals surface area contributed by atoms with Crippen LogP contribution in [0.1, 0.15) is 47.5 Å². The highest BCUT2D eigenvalue weighted by Gasteiger charge is 2.47. The molecule has 0 saturated carbocycles. The van der Waals surface area contributed by atoms with Crippen molar-refractivity contribution in [3.8, 4) is 0 Å². The molecule has 0 amide bonds. The topological polar surface area (TPSA) is 9.23 Å². The van der Waals surface area contributed by atoms with Gasteiger partial charge in [-0.05, 0) is 19.3 Å². The third-order valence-electron chi connectivity index (χ3n) is 4.62. The van der Waals surface area contributed by atoms with Gasteiger partial charge < -0.3 is 4.74 Å². The average Bonchev–Trinajstić information content (AvgIpc) is 2.22. The Morgan fingerprint density at radius 1 is 1.13 bits per heavy atom. The van der Waals surface area contributed by atoms with Gasteiger partial charge in [-0.25, -0.2) is 0 Å². The second-order valence-electron chi connectivity index (χ2n) is 4.88. The summed E-state index contributed by atoms with van der Waals surface area (Å²) in [6, 6.07) is 4.26. The molecular weight excluding hydrogens is 216 g/mol. The molecule has 1 nitrogen and oxygen atoms in total. The van der Waals surface area contributed by atoms with Gasteiger partial charge >= 0.3 is 0 Å². The van der Waals surface area contributed by atoms with Gasteiger partial charge in [-0.15, -0.1) is 0 Å². The van der Waals surface area contributed by atoms with Crippen LogP contribution in [0.5, 0.6) is 0 Å². The summed E-state index contributed by atoms with van der Waals surface area (Å²) in [5, 5.41) is 0. The predicted octanol–water partition coefficient (Wildman–Crippen LogP) is 2.93. The van der Waals surface area contributed by atoms with Gasteiger partial charge in [-0.1, -0.05) is 46.3 Å². The number of rotatable bonds is 4. The minimum Gasteiger partial charge on any atom is -0.383 e. The molecule has 92 valence electrons. The first-order chi connectivity index (χ1) is 6.64. The number of ether oxygens (including phenoxy) is 1. The van der Waals surface area contributed by atoms with Gasteiger partial charge in [0.15, 0.2) is 0 Å². The van der Waals surface area contributed by atoms with Crippen molar-refractivity contribution in [1.29, 1.82) is 0 Å². The summed E-state index contributed by atoms with van der Waals surface area (Å²) < 4.78 is 6.23. The highest BCUT2D eigenvalue weighted by molar-refractivity contribution is 6.87. The van der Waals surface area contributed by atoms with Crippen molar-refractivity contribution < 1.29 is 4.74 Å². The number of hydrogen-bond donors (Lipinski definition) is 0. The van der Waals surface area contributed by atoms with Gasteiger partial charge in [-0.3, -0.25) is 0 Å². The highest BCUT2D eigenvalue weighted by Crippen LogP contribution is 2.38. The van der Waals surface area contributed by atoms with Gasteiger partial charge in [0.2, 0.25) is 0 Å². The van der Waals surface area contributed by atoms with E-state index in [4.69, 9.17) is 4.74 Å². The molecule has 1 heterocycles. The Hall–Kier alpha value is 0.394. The molecule has 0 bridgehead atoms. The SMILES string of the molecule is C.CC[Si](CC)(CC)C1([SiH3])CCCCO1. The molecule has 0 aliphatic carbocycles. The molecule has 15 heavy (non-hydrogen) atoms. The van der Waals surface area contributed by atoms with Crippen LogP contribution in [0.4, 0.5) is 0 Å². The lowest BCUT2D eigenvalue weighted by atomic mass is 10.2. The first kappa shape index (κ1) is 15.4. The largest absolute Gasteiger partial charge is 0.383 e. The molecule has 0 spiro atoms. The lowest BCUT2D eigenvalue weighted by Gasteiger charge is -2.48. The summed E-state index contributed by atoms with van der Waals surface area (Å²) in [5.74, 6) is 0. The van der Waals surface area contributed by atoms with Gasteiger partial charge in [-0.2, -0.15) is 0 Å². The van der Waals surface area contributed by atoms with Crippen molar-refractivity contribution in [2.75, 3.05) is 6.61 Å². The van der Waals surface area contributed by atoms with Crippen LogP contribution in [0.15, 0.2) is 0 Å². The van der Waals surface area contributed by atoms with Gasteiger partial charge in [0.05, 0.1) is 8.07 Å². The quantitative estimate of drug-likeness (QED) is 0.693. The normalized spacial score (nSPS) is 27.4. The summed E-state index contributed by atoms with van der Waals surface area (Å²) in [6.07, 6.45) is 4.09. The van der Waals surface area contributed by atoms with Crippen molar-refractivity contribution in [1.82, 2.24) is 0 Å². The minimum atomic E-state index is -1.10. The maximum Gasteiger partial charge on any atom is 0.0853 e. The Bertz CT molecular complexity index is 164. The fourth-order valence-corrected chi connectivity index (χ4v) is 11.8. The van der Waals surface area contributed by atoms with Gasteiger partial charge in [0, 0.05) is 21.7 Å². The second kappa shape index (κ2) is 6.21. The molecule has 1 fully saturated rings. The maximum absolute atomic E-state index is 6.23. The summed E-state index contributed by atoms with van der Waals surface area (Å²) in [6.45, 7) is 8.24. The van der Waals surface area contributed by atoms with Crippen molar-refractivity contribution in [2.45, 2.75) is 70.4 Å². The molecule has 3 heteroatoms. The van der Waals surface area contributed by atoms with Crippen LogP contribution in [0.2, 0.25) is 18.1 Å². The first-order valence-electron chi connectivity index (χ1n) is 6.28. The zero-order valence-electron chi connectivity index (χ0n) is 10.4. The van der Waals surface area contributed by atoms with Crippen LogP contribution in [0.3, 0.4) is 0 Å². The summed E-state index contributed by atoms with van der Waals surface area (Å²) in [7, 11) is 0.154. The highest BCUT2D eigenvalue weighted by atomic mass is 28.4. The van der Waals surface area contributed by atoms with Crippen LogP contribution in [0.25, 0.3) is 0 Å². The molecule has 1 aliphatic rings. The molecule has 1 unspecified atom stereocenters. The van der Waals surface area contributed by atoms with Crippen molar-refractivity contribution in [3.63, 3.8) is 0 Å². The van der Waals surface area contributed by atoms with E-state index in [0.29, 0.717) is 4.85 Å². The average molecular weight is 247 g/mol. The Kier molecular flexibility index (Phi) is 6.37. The van der Waals surface area contributed by atoms with Crippen LogP contribution in [0, 0.1) is 0 Å². The van der Waals surface area contributed by atoms with E-state index in [9.17, 15) is 0 Å². The molecule has 0 N–H and O–H groups in total. The summed E-state index contributed by atoms with van der Waals surface area (Å²) >= 11 is 0. The van der Waals surface area contributed by atoms with Gasteiger partial charge in [0.25, 0.3) is 0 Å². The molecule has 0 aromatic rings. The lowest BCUT2D eigenvalue weighted by Crippen LogP contribution is -2.60. The van der Waals surface area contributed by atoms with E-state index >= 15 is 0 Å². The van der Waals surface area contributed by atoms with E-state index in [1.165, 1.54) is 47.6 Å². The fraction of sp³-hybridized carbons (Fsp3) is 1.00. The van der Waals surface area contributed by atoms with Gasteiger partial charge in [0.1, 0.15) is 0 Å². The first-order valence-corrected chi connectivity index (χ1v) is 9.90. The van der Waals surface area contributed by atoms with E-state index in [0.717, 1.165) is 6.61 Å². The lowest BCUT2D eigenvalue weighted by molar-refractivity contribution is 0.0288. The Balaban J connectivity index is 0.00000196. The summed E-state index contributed by atoms with van der Waals surface area (Å²) in [4.78, 5) is 0.420. The number of hydrogen-bond acceptors (Lipinski definition) is 1. The standard InChI is InChI=1S/C11H26OSi2.CH4/c1-4-14(5-2,6-3)11(13)9-7-8-10-12-11;/h4-10H2,1-3,13H3;1H4. The van der Waals surface area contributed by atoms with Crippen LogP contribution in [-0.2, 0) is 4.74 Å². The molecule has 1 rings (SSSR count). The van der Waals surface area contributed by atoms with Crippen LogP contribution >= 0.6 is 0 Å². The predicted molar refractivity (Wildman–Crippen MR) is 76.4 cm³/mol. The zero-order valence-corrected chi connectivity index (χ0v) is 13.4. The van der Waals surface area contributed by atoms with Crippen molar-refractivity contribution in [3.05, 3.63) is 0 Å². The third kappa shape index (κ3) is 2.74.